The number of anilines is 1. The summed E-state index contributed by atoms with van der Waals surface area (Å²) in [6, 6.07) is 1.85. The summed E-state index contributed by atoms with van der Waals surface area (Å²) in [5.74, 6) is 0. The molecule has 0 spiro atoms. The Morgan fingerprint density at radius 3 is 2.44 bits per heavy atom. The third-order valence-corrected chi connectivity index (χ3v) is 2.75. The van der Waals surface area contributed by atoms with E-state index in [0.717, 1.165) is 17.7 Å². The minimum Gasteiger partial charge on any atom is -0.389 e. The van der Waals surface area contributed by atoms with Gasteiger partial charge < -0.3 is 11.1 Å². The van der Waals surface area contributed by atoms with Crippen molar-refractivity contribution in [3.63, 3.8) is 0 Å². The van der Waals surface area contributed by atoms with Crippen LogP contribution in [-0.4, -0.2) is 15.5 Å². The number of hydrogen-bond acceptors (Lipinski definition) is 3. The molecule has 0 bridgehead atoms. The van der Waals surface area contributed by atoms with Crippen LogP contribution in [0.25, 0.3) is 0 Å². The van der Waals surface area contributed by atoms with Crippen LogP contribution in [0.3, 0.4) is 0 Å². The van der Waals surface area contributed by atoms with Crippen molar-refractivity contribution >= 4 is 22.9 Å². The molecule has 0 aliphatic carbocycles. The van der Waals surface area contributed by atoms with Gasteiger partial charge in [-0.2, -0.15) is 0 Å². The van der Waals surface area contributed by atoms with Crippen molar-refractivity contribution in [3.8, 4) is 0 Å². The van der Waals surface area contributed by atoms with Gasteiger partial charge in [0.25, 0.3) is 0 Å². The van der Waals surface area contributed by atoms with E-state index in [1.54, 1.807) is 12.4 Å². The number of rotatable bonds is 4. The number of aromatic nitrogens is 1. The molecule has 0 saturated carbocycles. The molecule has 0 radical (unpaired) electrons. The van der Waals surface area contributed by atoms with E-state index in [2.05, 4.69) is 44.9 Å². The Labute approximate surface area is 115 Å². The fourth-order valence-corrected chi connectivity index (χ4v) is 2.62. The molecule has 1 rings (SSSR count). The van der Waals surface area contributed by atoms with E-state index in [9.17, 15) is 0 Å². The monoisotopic (exact) mass is 265 g/mol. The second-order valence-electron chi connectivity index (χ2n) is 6.53. The molecule has 1 aromatic rings. The number of thiocarbonyl (C=S) groups is 1. The Morgan fingerprint density at radius 2 is 1.94 bits per heavy atom. The highest BCUT2D eigenvalue weighted by molar-refractivity contribution is 7.80. The highest BCUT2D eigenvalue weighted by Gasteiger charge is 2.26. The topological polar surface area (TPSA) is 50.9 Å². The lowest BCUT2D eigenvalue weighted by atomic mass is 9.81. The van der Waals surface area contributed by atoms with Crippen LogP contribution in [0.2, 0.25) is 0 Å². The molecule has 0 atom stereocenters. The first-order chi connectivity index (χ1) is 8.11. The molecule has 100 valence electrons. The van der Waals surface area contributed by atoms with Crippen molar-refractivity contribution < 1.29 is 0 Å². The Kier molecular flexibility index (Phi) is 4.32. The zero-order chi connectivity index (χ0) is 14.0. The average Bonchev–Trinajstić information content (AvgIpc) is 2.13. The first-order valence-electron chi connectivity index (χ1n) is 6.13. The Morgan fingerprint density at radius 1 is 1.33 bits per heavy atom. The lowest BCUT2D eigenvalue weighted by Gasteiger charge is -2.34. The molecule has 0 fully saturated rings. The third-order valence-electron chi connectivity index (χ3n) is 2.53. The molecule has 1 heterocycles. The van der Waals surface area contributed by atoms with Crippen molar-refractivity contribution in [3.05, 3.63) is 24.0 Å². The predicted molar refractivity (Wildman–Crippen MR) is 81.9 cm³/mol. The fraction of sp³-hybridized carbons (Fsp3) is 0.571. The Balaban J connectivity index is 2.94. The molecule has 0 amide bonds. The van der Waals surface area contributed by atoms with E-state index in [1.807, 2.05) is 6.07 Å². The van der Waals surface area contributed by atoms with Gasteiger partial charge in [-0.15, -0.1) is 0 Å². The van der Waals surface area contributed by atoms with E-state index in [4.69, 9.17) is 18.0 Å². The molecule has 0 aromatic carbocycles. The van der Waals surface area contributed by atoms with Gasteiger partial charge in [-0.1, -0.05) is 33.0 Å². The Bertz CT molecular complexity index is 433. The van der Waals surface area contributed by atoms with Crippen molar-refractivity contribution in [1.82, 2.24) is 4.98 Å². The van der Waals surface area contributed by atoms with Gasteiger partial charge in [0.2, 0.25) is 0 Å². The van der Waals surface area contributed by atoms with Crippen LogP contribution >= 0.6 is 12.2 Å². The zero-order valence-corrected chi connectivity index (χ0v) is 12.7. The number of pyridine rings is 1. The summed E-state index contributed by atoms with van der Waals surface area (Å²) in [4.78, 5) is 4.53. The maximum Gasteiger partial charge on any atom is 0.106 e. The van der Waals surface area contributed by atoms with E-state index in [0.29, 0.717) is 4.99 Å². The smallest absolute Gasteiger partial charge is 0.106 e. The first-order valence-corrected chi connectivity index (χ1v) is 6.54. The lowest BCUT2D eigenvalue weighted by molar-refractivity contribution is 0.302. The van der Waals surface area contributed by atoms with E-state index in [1.165, 1.54) is 0 Å². The predicted octanol–water partition coefficient (Wildman–Crippen LogP) is 3.34. The van der Waals surface area contributed by atoms with Crippen LogP contribution in [0.1, 0.15) is 46.6 Å². The molecule has 18 heavy (non-hydrogen) atoms. The van der Waals surface area contributed by atoms with E-state index in [-0.39, 0.29) is 11.0 Å². The molecular formula is C14H23N3S. The van der Waals surface area contributed by atoms with E-state index < -0.39 is 0 Å². The van der Waals surface area contributed by atoms with Gasteiger partial charge >= 0.3 is 0 Å². The minimum atomic E-state index is -0.0409. The maximum atomic E-state index is 5.72. The number of hydrogen-bond donors (Lipinski definition) is 2. The molecule has 0 unspecified atom stereocenters. The first kappa shape index (κ1) is 14.9. The number of nitrogens with two attached hydrogens (primary N) is 1. The van der Waals surface area contributed by atoms with Crippen molar-refractivity contribution in [2.24, 2.45) is 11.1 Å². The molecular weight excluding hydrogens is 242 g/mol. The maximum absolute atomic E-state index is 5.72. The second kappa shape index (κ2) is 5.22. The summed E-state index contributed by atoms with van der Waals surface area (Å²) in [6.07, 6.45) is 4.51. The van der Waals surface area contributed by atoms with Crippen LogP contribution < -0.4 is 11.1 Å². The molecule has 3 N–H and O–H groups in total. The molecule has 4 heteroatoms. The summed E-state index contributed by atoms with van der Waals surface area (Å²) in [6.45, 7) is 11.0. The average molecular weight is 265 g/mol. The lowest BCUT2D eigenvalue weighted by Crippen LogP contribution is -2.36. The summed E-state index contributed by atoms with van der Waals surface area (Å²) in [7, 11) is 0. The molecule has 0 saturated heterocycles. The zero-order valence-electron chi connectivity index (χ0n) is 11.9. The van der Waals surface area contributed by atoms with Crippen LogP contribution in [0, 0.1) is 5.41 Å². The Hall–Kier alpha value is -1.16. The highest BCUT2D eigenvalue weighted by Crippen LogP contribution is 2.30. The van der Waals surface area contributed by atoms with Crippen molar-refractivity contribution in [1.29, 1.82) is 0 Å². The standard InChI is InChI=1S/C14H23N3S/c1-13(2,3)9-14(4,5)17-11-8-16-7-6-10(11)12(15)18/h6-8,17H,9H2,1-5H3,(H2,15,18). The SMILES string of the molecule is CC(C)(C)CC(C)(C)Nc1cnccc1C(N)=S. The van der Waals surface area contributed by atoms with Gasteiger partial charge in [-0.05, 0) is 31.7 Å². The molecule has 0 aliphatic heterocycles. The van der Waals surface area contributed by atoms with Crippen LogP contribution in [0.5, 0.6) is 0 Å². The third kappa shape index (κ3) is 4.61. The van der Waals surface area contributed by atoms with Crippen molar-refractivity contribution in [2.75, 3.05) is 5.32 Å². The number of nitrogens with one attached hydrogen (secondary N) is 1. The summed E-state index contributed by atoms with van der Waals surface area (Å²) >= 11 is 5.06. The van der Waals surface area contributed by atoms with Crippen LogP contribution in [-0.2, 0) is 0 Å². The quantitative estimate of drug-likeness (QED) is 0.820. The van der Waals surface area contributed by atoms with E-state index >= 15 is 0 Å². The van der Waals surface area contributed by atoms with Crippen molar-refractivity contribution in [2.45, 2.75) is 46.6 Å². The molecule has 1 aromatic heterocycles. The van der Waals surface area contributed by atoms with Gasteiger partial charge in [0.05, 0.1) is 11.9 Å². The van der Waals surface area contributed by atoms with Gasteiger partial charge in [0, 0.05) is 17.3 Å². The molecule has 0 aliphatic rings. The summed E-state index contributed by atoms with van der Waals surface area (Å²) < 4.78 is 0. The normalized spacial score (nSPS) is 12.3. The second-order valence-corrected chi connectivity index (χ2v) is 6.97. The largest absolute Gasteiger partial charge is 0.389 e. The summed E-state index contributed by atoms with van der Waals surface area (Å²) in [5.41, 5.74) is 7.69. The van der Waals surface area contributed by atoms with Gasteiger partial charge in [0.1, 0.15) is 4.99 Å². The fourth-order valence-electron chi connectivity index (χ4n) is 2.44. The molecule has 3 nitrogen and oxygen atoms in total. The van der Waals surface area contributed by atoms with Gasteiger partial charge in [0.15, 0.2) is 0 Å². The number of nitrogens with zero attached hydrogens (tertiary/aromatic N) is 1. The summed E-state index contributed by atoms with van der Waals surface area (Å²) in [5, 5.41) is 3.49. The van der Waals surface area contributed by atoms with Gasteiger partial charge in [-0.25, -0.2) is 0 Å². The van der Waals surface area contributed by atoms with Crippen LogP contribution in [0.15, 0.2) is 18.5 Å². The van der Waals surface area contributed by atoms with Gasteiger partial charge in [-0.3, -0.25) is 4.98 Å². The minimum absolute atomic E-state index is 0.0409. The van der Waals surface area contributed by atoms with Crippen LogP contribution in [0.4, 0.5) is 5.69 Å². The highest BCUT2D eigenvalue weighted by atomic mass is 32.1.